The second-order valence-corrected chi connectivity index (χ2v) is 5.80. The highest BCUT2D eigenvalue weighted by Gasteiger charge is 2.31. The van der Waals surface area contributed by atoms with Gasteiger partial charge in [0, 0.05) is 17.6 Å². The first kappa shape index (κ1) is 14.4. The number of hydrogen-bond donors (Lipinski definition) is 1. The number of hydrogen-bond acceptors (Lipinski definition) is 2. The van der Waals surface area contributed by atoms with Gasteiger partial charge in [-0.25, -0.2) is 0 Å². The van der Waals surface area contributed by atoms with Crippen LogP contribution in [0.2, 0.25) is 5.02 Å². The van der Waals surface area contributed by atoms with Crippen molar-refractivity contribution < 1.29 is 9.90 Å². The molecule has 1 N–H and O–H groups in total. The Kier molecular flexibility index (Phi) is 4.48. The molecule has 0 spiro atoms. The highest BCUT2D eigenvalue weighted by Crippen LogP contribution is 2.26. The van der Waals surface area contributed by atoms with Crippen molar-refractivity contribution in [3.63, 3.8) is 0 Å². The summed E-state index contributed by atoms with van der Waals surface area (Å²) >= 11 is 5.80. The average molecular weight is 282 g/mol. The Labute approximate surface area is 119 Å². The lowest BCUT2D eigenvalue weighted by atomic mass is 10.0. The Hall–Kier alpha value is -1.06. The van der Waals surface area contributed by atoms with E-state index >= 15 is 0 Å². The zero-order chi connectivity index (χ0) is 14.0. The van der Waals surface area contributed by atoms with Crippen molar-refractivity contribution in [2.75, 3.05) is 6.54 Å². The van der Waals surface area contributed by atoms with Gasteiger partial charge in [0.25, 0.3) is 0 Å². The largest absolute Gasteiger partial charge is 0.388 e. The Morgan fingerprint density at radius 3 is 2.58 bits per heavy atom. The third-order valence-corrected chi connectivity index (χ3v) is 4.34. The normalized spacial score (nSPS) is 24.5. The number of carbonyl (C=O) groups excluding carboxylic acids is 1. The lowest BCUT2D eigenvalue weighted by Gasteiger charge is -2.24. The average Bonchev–Trinajstić information content (AvgIpc) is 2.70. The fraction of sp³-hybridized carbons (Fsp3) is 0.533. The second-order valence-electron chi connectivity index (χ2n) is 5.37. The van der Waals surface area contributed by atoms with Crippen molar-refractivity contribution in [1.82, 2.24) is 4.90 Å². The van der Waals surface area contributed by atoms with E-state index in [9.17, 15) is 9.90 Å². The van der Waals surface area contributed by atoms with Crippen molar-refractivity contribution in [3.05, 3.63) is 34.9 Å². The predicted octanol–water partition coefficient (Wildman–Crippen LogP) is 3.02. The summed E-state index contributed by atoms with van der Waals surface area (Å²) in [5, 5.41) is 10.7. The van der Waals surface area contributed by atoms with Crippen LogP contribution in [0.1, 0.15) is 38.4 Å². The molecular weight excluding hydrogens is 262 g/mol. The number of rotatable bonds is 3. The molecule has 1 saturated heterocycles. The van der Waals surface area contributed by atoms with E-state index in [4.69, 9.17) is 11.6 Å². The summed E-state index contributed by atoms with van der Waals surface area (Å²) < 4.78 is 0. The summed E-state index contributed by atoms with van der Waals surface area (Å²) in [4.78, 5) is 14.1. The van der Waals surface area contributed by atoms with Crippen LogP contribution in [-0.2, 0) is 4.79 Å². The molecule has 3 atom stereocenters. The van der Waals surface area contributed by atoms with Crippen LogP contribution in [0.4, 0.5) is 0 Å². The molecule has 1 amide bonds. The number of nitrogens with zero attached hydrogens (tertiary/aromatic N) is 1. The van der Waals surface area contributed by atoms with Crippen LogP contribution in [0.15, 0.2) is 24.3 Å². The minimum Gasteiger partial charge on any atom is -0.388 e. The molecule has 0 aromatic heterocycles. The van der Waals surface area contributed by atoms with Gasteiger partial charge < -0.3 is 10.0 Å². The molecule has 0 radical (unpaired) electrons. The highest BCUT2D eigenvalue weighted by molar-refractivity contribution is 6.30. The smallest absolute Gasteiger partial charge is 0.225 e. The van der Waals surface area contributed by atoms with Gasteiger partial charge in [0.1, 0.15) is 0 Å². The van der Waals surface area contributed by atoms with Crippen LogP contribution in [0.5, 0.6) is 0 Å². The van der Waals surface area contributed by atoms with Gasteiger partial charge >= 0.3 is 0 Å². The van der Waals surface area contributed by atoms with Crippen LogP contribution in [-0.4, -0.2) is 28.5 Å². The number of halogens is 1. The fourth-order valence-corrected chi connectivity index (χ4v) is 2.66. The molecule has 104 valence electrons. The molecule has 0 bridgehead atoms. The van der Waals surface area contributed by atoms with Gasteiger partial charge in [-0.2, -0.15) is 0 Å². The minimum atomic E-state index is -0.757. The van der Waals surface area contributed by atoms with Gasteiger partial charge in [0.15, 0.2) is 0 Å². The number of benzene rings is 1. The van der Waals surface area contributed by atoms with Crippen LogP contribution < -0.4 is 0 Å². The zero-order valence-corrected chi connectivity index (χ0v) is 12.1. The molecule has 3 unspecified atom stereocenters. The summed E-state index contributed by atoms with van der Waals surface area (Å²) in [6.07, 6.45) is 0.427. The van der Waals surface area contributed by atoms with Gasteiger partial charge in [-0.15, -0.1) is 0 Å². The maximum Gasteiger partial charge on any atom is 0.225 e. The first-order valence-corrected chi connectivity index (χ1v) is 7.10. The van der Waals surface area contributed by atoms with E-state index in [1.54, 1.807) is 24.3 Å². The van der Waals surface area contributed by atoms with E-state index < -0.39 is 6.10 Å². The second kappa shape index (κ2) is 5.93. The van der Waals surface area contributed by atoms with Crippen molar-refractivity contribution in [3.8, 4) is 0 Å². The molecule has 1 fully saturated rings. The molecule has 1 aliphatic heterocycles. The van der Waals surface area contributed by atoms with E-state index in [0.717, 1.165) is 18.5 Å². The summed E-state index contributed by atoms with van der Waals surface area (Å²) in [6.45, 7) is 5.03. The van der Waals surface area contributed by atoms with Crippen molar-refractivity contribution in [1.29, 1.82) is 0 Å². The van der Waals surface area contributed by atoms with Crippen molar-refractivity contribution in [2.45, 2.75) is 38.8 Å². The van der Waals surface area contributed by atoms with Gasteiger partial charge in [-0.3, -0.25) is 4.79 Å². The van der Waals surface area contributed by atoms with E-state index in [1.165, 1.54) is 0 Å². The number of aliphatic hydroxyl groups is 1. The Bertz CT molecular complexity index is 446. The third kappa shape index (κ3) is 3.28. The molecule has 1 aromatic rings. The number of amides is 1. The van der Waals surface area contributed by atoms with E-state index in [1.807, 2.05) is 4.90 Å². The molecule has 1 aromatic carbocycles. The SMILES string of the molecule is CC1CCN(C(=O)CC(O)c2ccc(Cl)cc2)C1C. The molecule has 1 heterocycles. The van der Waals surface area contributed by atoms with Crippen LogP contribution in [0.3, 0.4) is 0 Å². The molecule has 3 nitrogen and oxygen atoms in total. The van der Waals surface area contributed by atoms with Gasteiger partial charge in [0.2, 0.25) is 5.91 Å². The molecule has 0 saturated carbocycles. The Morgan fingerprint density at radius 2 is 2.05 bits per heavy atom. The van der Waals surface area contributed by atoms with E-state index in [-0.39, 0.29) is 18.4 Å². The van der Waals surface area contributed by atoms with Gasteiger partial charge in [-0.05, 0) is 37.0 Å². The Morgan fingerprint density at radius 1 is 1.42 bits per heavy atom. The topological polar surface area (TPSA) is 40.5 Å². The maximum atomic E-state index is 12.2. The number of carbonyl (C=O) groups is 1. The molecule has 2 rings (SSSR count). The molecule has 4 heteroatoms. The standard InChI is InChI=1S/C15H20ClNO2/c1-10-7-8-17(11(10)2)15(19)9-14(18)12-3-5-13(16)6-4-12/h3-6,10-11,14,18H,7-9H2,1-2H3. The van der Waals surface area contributed by atoms with Gasteiger partial charge in [-0.1, -0.05) is 30.7 Å². The fourth-order valence-electron chi connectivity index (χ4n) is 2.53. The molecule has 1 aliphatic rings. The van der Waals surface area contributed by atoms with Crippen molar-refractivity contribution >= 4 is 17.5 Å². The van der Waals surface area contributed by atoms with Crippen LogP contribution in [0, 0.1) is 5.92 Å². The zero-order valence-electron chi connectivity index (χ0n) is 11.3. The lowest BCUT2D eigenvalue weighted by molar-refractivity contribution is -0.134. The Balaban J connectivity index is 1.97. The molecule has 0 aliphatic carbocycles. The number of likely N-dealkylation sites (tertiary alicyclic amines) is 1. The highest BCUT2D eigenvalue weighted by atomic mass is 35.5. The molecule has 19 heavy (non-hydrogen) atoms. The van der Waals surface area contributed by atoms with Crippen LogP contribution in [0.25, 0.3) is 0 Å². The summed E-state index contributed by atoms with van der Waals surface area (Å²) in [5.74, 6) is 0.566. The minimum absolute atomic E-state index is 0.0271. The monoisotopic (exact) mass is 281 g/mol. The lowest BCUT2D eigenvalue weighted by Crippen LogP contribution is -2.36. The van der Waals surface area contributed by atoms with E-state index in [0.29, 0.717) is 10.9 Å². The predicted molar refractivity (Wildman–Crippen MR) is 76.0 cm³/mol. The third-order valence-electron chi connectivity index (χ3n) is 4.08. The summed E-state index contributed by atoms with van der Waals surface area (Å²) in [6, 6.07) is 7.24. The maximum absolute atomic E-state index is 12.2. The summed E-state index contributed by atoms with van der Waals surface area (Å²) in [5.41, 5.74) is 0.734. The van der Waals surface area contributed by atoms with E-state index in [2.05, 4.69) is 13.8 Å². The molecular formula is C15H20ClNO2. The first-order valence-electron chi connectivity index (χ1n) is 6.72. The van der Waals surface area contributed by atoms with Crippen molar-refractivity contribution in [2.24, 2.45) is 5.92 Å². The quantitative estimate of drug-likeness (QED) is 0.925. The first-order chi connectivity index (χ1) is 8.99. The summed E-state index contributed by atoms with van der Waals surface area (Å²) in [7, 11) is 0. The van der Waals surface area contributed by atoms with Gasteiger partial charge in [0.05, 0.1) is 12.5 Å². The van der Waals surface area contributed by atoms with Crippen LogP contribution >= 0.6 is 11.6 Å². The number of aliphatic hydroxyl groups excluding tert-OH is 1.